The molecule has 0 aliphatic carbocycles. The molecule has 0 bridgehead atoms. The Morgan fingerprint density at radius 3 is 2.43 bits per heavy atom. The van der Waals surface area contributed by atoms with E-state index in [4.69, 9.17) is 4.74 Å². The van der Waals surface area contributed by atoms with Crippen molar-refractivity contribution in [3.05, 3.63) is 35.2 Å². The minimum atomic E-state index is -3.26. The van der Waals surface area contributed by atoms with Crippen molar-refractivity contribution in [1.82, 2.24) is 9.62 Å². The van der Waals surface area contributed by atoms with Crippen molar-refractivity contribution in [3.63, 3.8) is 0 Å². The van der Waals surface area contributed by atoms with Crippen LogP contribution in [0.4, 0.5) is 10.1 Å². The number of amides is 1. The highest BCUT2D eigenvalue weighted by Crippen LogP contribution is 2.32. The van der Waals surface area contributed by atoms with Crippen LogP contribution < -0.4 is 10.2 Å². The molecule has 0 saturated carbocycles. The van der Waals surface area contributed by atoms with Gasteiger partial charge in [0.05, 0.1) is 17.5 Å². The van der Waals surface area contributed by atoms with Gasteiger partial charge in [-0.05, 0) is 24.6 Å². The normalized spacial score (nSPS) is 21.1. The molecular formula is C18H22FN3O5S. The number of nitrogens with zero attached hydrogens (tertiary/aromatic N) is 2. The topological polar surface area (TPSA) is 96.0 Å². The number of sulfonamides is 1. The number of ether oxygens (including phenoxy) is 1. The van der Waals surface area contributed by atoms with Gasteiger partial charge in [-0.1, -0.05) is 6.07 Å². The van der Waals surface area contributed by atoms with Crippen LogP contribution in [0.15, 0.2) is 23.8 Å². The highest BCUT2D eigenvalue weighted by atomic mass is 32.2. The number of piperazine rings is 1. The maximum atomic E-state index is 14.8. The van der Waals surface area contributed by atoms with Crippen LogP contribution in [0.2, 0.25) is 0 Å². The van der Waals surface area contributed by atoms with Gasteiger partial charge in [0.1, 0.15) is 5.82 Å². The Morgan fingerprint density at radius 1 is 1.25 bits per heavy atom. The molecule has 1 N–H and O–H groups in total. The second-order valence-corrected chi connectivity index (χ2v) is 8.84. The van der Waals surface area contributed by atoms with Gasteiger partial charge in [0.15, 0.2) is 6.23 Å². The second-order valence-electron chi connectivity index (χ2n) is 6.86. The summed E-state index contributed by atoms with van der Waals surface area (Å²) < 4.78 is 44.5. The first kappa shape index (κ1) is 20.3. The first-order valence-electron chi connectivity index (χ1n) is 8.77. The van der Waals surface area contributed by atoms with Crippen molar-refractivity contribution in [2.75, 3.05) is 37.3 Å². The van der Waals surface area contributed by atoms with Crippen LogP contribution in [0.25, 0.3) is 5.57 Å². The van der Waals surface area contributed by atoms with Gasteiger partial charge >= 0.3 is 5.97 Å². The lowest BCUT2D eigenvalue weighted by atomic mass is 10.0. The molecule has 1 saturated heterocycles. The zero-order valence-corrected chi connectivity index (χ0v) is 16.7. The van der Waals surface area contributed by atoms with Crippen LogP contribution >= 0.6 is 0 Å². The fraction of sp³-hybridized carbons (Fsp3) is 0.444. The molecule has 0 unspecified atom stereocenters. The number of anilines is 1. The molecule has 1 atom stereocenters. The van der Waals surface area contributed by atoms with Crippen LogP contribution in [-0.2, 0) is 24.3 Å². The molecular weight excluding hydrogens is 389 g/mol. The number of carbonyl (C=O) groups excluding carboxylic acids is 2. The summed E-state index contributed by atoms with van der Waals surface area (Å²) in [5.74, 6) is -1.47. The third-order valence-electron chi connectivity index (χ3n) is 4.84. The average molecular weight is 411 g/mol. The molecule has 1 aromatic rings. The van der Waals surface area contributed by atoms with Crippen molar-refractivity contribution >= 4 is 33.2 Å². The molecule has 2 heterocycles. The van der Waals surface area contributed by atoms with E-state index in [1.54, 1.807) is 24.0 Å². The highest BCUT2D eigenvalue weighted by molar-refractivity contribution is 7.88. The monoisotopic (exact) mass is 411 g/mol. The van der Waals surface area contributed by atoms with Crippen molar-refractivity contribution < 1.29 is 27.1 Å². The molecule has 1 fully saturated rings. The Morgan fingerprint density at radius 2 is 1.89 bits per heavy atom. The minimum absolute atomic E-state index is 0.228. The van der Waals surface area contributed by atoms with Crippen molar-refractivity contribution in [1.29, 1.82) is 0 Å². The summed E-state index contributed by atoms with van der Waals surface area (Å²) in [4.78, 5) is 25.2. The predicted molar refractivity (Wildman–Crippen MR) is 101 cm³/mol. The molecule has 8 nitrogen and oxygen atoms in total. The minimum Gasteiger partial charge on any atom is -0.434 e. The predicted octanol–water partition coefficient (Wildman–Crippen LogP) is 0.700. The van der Waals surface area contributed by atoms with Crippen LogP contribution in [0.3, 0.4) is 0 Å². The van der Waals surface area contributed by atoms with Gasteiger partial charge in [-0.15, -0.1) is 0 Å². The van der Waals surface area contributed by atoms with E-state index >= 15 is 0 Å². The van der Waals surface area contributed by atoms with Crippen molar-refractivity contribution in [2.24, 2.45) is 0 Å². The number of rotatable bonds is 4. The van der Waals surface area contributed by atoms with E-state index in [1.807, 2.05) is 0 Å². The number of nitrogens with one attached hydrogen (secondary N) is 1. The van der Waals surface area contributed by atoms with Gasteiger partial charge in [-0.2, -0.15) is 4.31 Å². The number of benzene rings is 1. The van der Waals surface area contributed by atoms with Gasteiger partial charge in [0.2, 0.25) is 15.9 Å². The summed E-state index contributed by atoms with van der Waals surface area (Å²) in [6.07, 6.45) is 0.301. The van der Waals surface area contributed by atoms with E-state index in [-0.39, 0.29) is 24.6 Å². The third-order valence-corrected chi connectivity index (χ3v) is 6.14. The average Bonchev–Trinajstić information content (AvgIpc) is 2.87. The lowest BCUT2D eigenvalue weighted by molar-refractivity contribution is -0.140. The molecule has 2 aliphatic heterocycles. The summed E-state index contributed by atoms with van der Waals surface area (Å²) in [6, 6.07) is 4.45. The third kappa shape index (κ3) is 4.02. The number of halogens is 1. The van der Waals surface area contributed by atoms with Crippen LogP contribution in [-0.4, -0.2) is 63.3 Å². The molecule has 28 heavy (non-hydrogen) atoms. The van der Waals surface area contributed by atoms with Gasteiger partial charge in [-0.25, -0.2) is 17.6 Å². The lowest BCUT2D eigenvalue weighted by Gasteiger charge is -2.34. The SMILES string of the molecule is CC(=O)N[C@@H]1OC(=O)C(c2ccc(N3CCN(S(C)(=O)=O)CC3)c(F)c2)=C1C. The maximum Gasteiger partial charge on any atom is 0.341 e. The number of carbonyl (C=O) groups is 2. The molecule has 0 spiro atoms. The summed E-state index contributed by atoms with van der Waals surface area (Å²) in [7, 11) is -3.26. The first-order valence-corrected chi connectivity index (χ1v) is 10.6. The second kappa shape index (κ2) is 7.51. The maximum absolute atomic E-state index is 14.8. The summed E-state index contributed by atoms with van der Waals surface area (Å²) >= 11 is 0. The number of hydrogen-bond donors (Lipinski definition) is 1. The number of esters is 1. The number of cyclic esters (lactones) is 1. The molecule has 1 amide bonds. The number of hydrogen-bond acceptors (Lipinski definition) is 6. The van der Waals surface area contributed by atoms with Gasteiger partial charge in [0.25, 0.3) is 0 Å². The van der Waals surface area contributed by atoms with Crippen LogP contribution in [0.5, 0.6) is 0 Å². The van der Waals surface area contributed by atoms with E-state index in [1.165, 1.54) is 17.3 Å². The van der Waals surface area contributed by atoms with E-state index in [9.17, 15) is 22.4 Å². The van der Waals surface area contributed by atoms with Gasteiger partial charge in [-0.3, -0.25) is 4.79 Å². The van der Waals surface area contributed by atoms with Crippen LogP contribution in [0.1, 0.15) is 19.4 Å². The van der Waals surface area contributed by atoms with Crippen molar-refractivity contribution in [2.45, 2.75) is 20.1 Å². The Labute approximate surface area is 163 Å². The van der Waals surface area contributed by atoms with Gasteiger partial charge in [0, 0.05) is 38.7 Å². The molecule has 0 radical (unpaired) electrons. The van der Waals surface area contributed by atoms with E-state index in [0.29, 0.717) is 29.9 Å². The van der Waals surface area contributed by atoms with Crippen molar-refractivity contribution in [3.8, 4) is 0 Å². The zero-order valence-electron chi connectivity index (χ0n) is 15.9. The lowest BCUT2D eigenvalue weighted by Crippen LogP contribution is -2.48. The Hall–Kier alpha value is -2.46. The fourth-order valence-electron chi connectivity index (χ4n) is 3.39. The quantitative estimate of drug-likeness (QED) is 0.733. The Kier molecular flexibility index (Phi) is 5.44. The first-order chi connectivity index (χ1) is 13.1. The Balaban J connectivity index is 1.81. The molecule has 0 aromatic heterocycles. The summed E-state index contributed by atoms with van der Waals surface area (Å²) in [5.41, 5.74) is 1.45. The summed E-state index contributed by atoms with van der Waals surface area (Å²) in [5, 5.41) is 2.52. The Bertz CT molecular complexity index is 952. The standard InChI is InChI=1S/C18H22FN3O5S/c1-11-16(18(24)27-17(11)20-12(2)23)13-4-5-15(14(19)10-13)21-6-8-22(9-7-21)28(3,25)26/h4-5,10,17H,6-9H2,1-3H3,(H,20,23)/t17-/m1/s1. The zero-order chi connectivity index (χ0) is 20.6. The molecule has 1 aromatic carbocycles. The highest BCUT2D eigenvalue weighted by Gasteiger charge is 2.33. The molecule has 2 aliphatic rings. The molecule has 3 rings (SSSR count). The van der Waals surface area contributed by atoms with Gasteiger partial charge < -0.3 is 15.0 Å². The van der Waals surface area contributed by atoms with E-state index in [2.05, 4.69) is 5.32 Å². The molecule has 10 heteroatoms. The largest absolute Gasteiger partial charge is 0.434 e. The molecule has 152 valence electrons. The summed E-state index contributed by atoms with van der Waals surface area (Å²) in [6.45, 7) is 4.29. The smallest absolute Gasteiger partial charge is 0.341 e. The fourth-order valence-corrected chi connectivity index (χ4v) is 4.22. The van der Waals surface area contributed by atoms with Crippen LogP contribution in [0, 0.1) is 5.82 Å². The van der Waals surface area contributed by atoms with E-state index < -0.39 is 28.0 Å². The van der Waals surface area contributed by atoms with E-state index in [0.717, 1.165) is 6.26 Å².